The lowest BCUT2D eigenvalue weighted by atomic mass is 9.96. The summed E-state index contributed by atoms with van der Waals surface area (Å²) in [6, 6.07) is 0. The fourth-order valence-electron chi connectivity index (χ4n) is 2.28. The van der Waals surface area contributed by atoms with E-state index in [2.05, 4.69) is 11.8 Å². The number of carbonyl (C=O) groups excluding carboxylic acids is 1. The van der Waals surface area contributed by atoms with Crippen molar-refractivity contribution >= 4 is 5.97 Å². The van der Waals surface area contributed by atoms with Gasteiger partial charge in [0.2, 0.25) is 0 Å². The van der Waals surface area contributed by atoms with Gasteiger partial charge in [-0.2, -0.15) is 0 Å². The van der Waals surface area contributed by atoms with Gasteiger partial charge in [-0.05, 0) is 39.3 Å². The molecule has 0 aliphatic carbocycles. The average molecular weight is 213 g/mol. The monoisotopic (exact) mass is 213 g/mol. The summed E-state index contributed by atoms with van der Waals surface area (Å²) in [5.74, 6) is -0.0908. The van der Waals surface area contributed by atoms with E-state index in [0.29, 0.717) is 0 Å². The van der Waals surface area contributed by atoms with Gasteiger partial charge in [0.05, 0.1) is 7.11 Å². The van der Waals surface area contributed by atoms with Crippen LogP contribution in [-0.2, 0) is 9.53 Å². The second-order valence-corrected chi connectivity index (χ2v) is 4.52. The molecule has 0 aromatic heterocycles. The molecule has 0 saturated carbocycles. The molecule has 0 radical (unpaired) electrons. The predicted octanol–water partition coefficient (Wildman–Crippen LogP) is 2.20. The molecular formula is C12H23NO2. The average Bonchev–Trinajstić information content (AvgIpc) is 2.55. The van der Waals surface area contributed by atoms with E-state index in [1.54, 1.807) is 0 Å². The van der Waals surface area contributed by atoms with Crippen LogP contribution in [0.1, 0.15) is 46.0 Å². The van der Waals surface area contributed by atoms with E-state index in [9.17, 15) is 4.79 Å². The Bertz CT molecular complexity index is 210. The summed E-state index contributed by atoms with van der Waals surface area (Å²) < 4.78 is 4.92. The van der Waals surface area contributed by atoms with E-state index in [1.165, 1.54) is 32.8 Å². The van der Waals surface area contributed by atoms with Crippen molar-refractivity contribution in [2.75, 3.05) is 20.2 Å². The first-order valence-electron chi connectivity index (χ1n) is 5.98. The fraction of sp³-hybridized carbons (Fsp3) is 0.917. The number of hydrogen-bond donors (Lipinski definition) is 0. The van der Waals surface area contributed by atoms with Crippen molar-refractivity contribution in [3.63, 3.8) is 0 Å². The van der Waals surface area contributed by atoms with Crippen molar-refractivity contribution in [3.05, 3.63) is 0 Å². The number of esters is 1. The SMILES string of the molecule is CC[C@@](C)(C(=O)OC)N1CCCCCC1. The third-order valence-electron chi connectivity index (χ3n) is 3.62. The van der Waals surface area contributed by atoms with Crippen molar-refractivity contribution in [1.82, 2.24) is 4.90 Å². The second-order valence-electron chi connectivity index (χ2n) is 4.52. The number of hydrogen-bond acceptors (Lipinski definition) is 3. The van der Waals surface area contributed by atoms with Crippen molar-refractivity contribution in [3.8, 4) is 0 Å². The summed E-state index contributed by atoms with van der Waals surface area (Å²) in [5, 5.41) is 0. The fourth-order valence-corrected chi connectivity index (χ4v) is 2.28. The summed E-state index contributed by atoms with van der Waals surface area (Å²) in [4.78, 5) is 14.1. The number of ether oxygens (including phenoxy) is 1. The highest BCUT2D eigenvalue weighted by atomic mass is 16.5. The van der Waals surface area contributed by atoms with Crippen molar-refractivity contribution in [2.45, 2.75) is 51.5 Å². The van der Waals surface area contributed by atoms with Crippen LogP contribution in [0.15, 0.2) is 0 Å². The number of nitrogens with zero attached hydrogens (tertiary/aromatic N) is 1. The Morgan fingerprint density at radius 3 is 2.20 bits per heavy atom. The molecule has 3 nitrogen and oxygen atoms in total. The molecule has 1 rings (SSSR count). The van der Waals surface area contributed by atoms with Crippen LogP contribution < -0.4 is 0 Å². The topological polar surface area (TPSA) is 29.5 Å². The molecule has 1 aliphatic heterocycles. The molecule has 0 amide bonds. The van der Waals surface area contributed by atoms with E-state index < -0.39 is 5.54 Å². The zero-order valence-electron chi connectivity index (χ0n) is 10.2. The van der Waals surface area contributed by atoms with E-state index in [0.717, 1.165) is 19.5 Å². The first kappa shape index (κ1) is 12.5. The van der Waals surface area contributed by atoms with Gasteiger partial charge < -0.3 is 4.74 Å². The van der Waals surface area contributed by atoms with Gasteiger partial charge in [-0.25, -0.2) is 0 Å². The zero-order chi connectivity index (χ0) is 11.3. The maximum absolute atomic E-state index is 11.8. The molecule has 0 aromatic carbocycles. The summed E-state index contributed by atoms with van der Waals surface area (Å²) in [6.45, 7) is 6.12. The Morgan fingerprint density at radius 2 is 1.80 bits per heavy atom. The Kier molecular flexibility index (Phi) is 4.58. The largest absolute Gasteiger partial charge is 0.468 e. The molecule has 0 bridgehead atoms. The van der Waals surface area contributed by atoms with Gasteiger partial charge in [-0.3, -0.25) is 9.69 Å². The molecule has 3 heteroatoms. The molecular weight excluding hydrogens is 190 g/mol. The third kappa shape index (κ3) is 2.71. The Balaban J connectivity index is 2.73. The molecule has 1 fully saturated rings. The highest BCUT2D eigenvalue weighted by molar-refractivity contribution is 5.80. The van der Waals surface area contributed by atoms with E-state index >= 15 is 0 Å². The minimum absolute atomic E-state index is 0.0908. The molecule has 0 N–H and O–H groups in total. The summed E-state index contributed by atoms with van der Waals surface area (Å²) in [7, 11) is 1.48. The molecule has 1 heterocycles. The maximum Gasteiger partial charge on any atom is 0.325 e. The quantitative estimate of drug-likeness (QED) is 0.673. The highest BCUT2D eigenvalue weighted by Gasteiger charge is 2.38. The number of likely N-dealkylation sites (tertiary alicyclic amines) is 1. The summed E-state index contributed by atoms with van der Waals surface area (Å²) in [5.41, 5.74) is -0.418. The second kappa shape index (κ2) is 5.50. The third-order valence-corrected chi connectivity index (χ3v) is 3.62. The van der Waals surface area contributed by atoms with Crippen LogP contribution in [0.4, 0.5) is 0 Å². The van der Waals surface area contributed by atoms with Gasteiger partial charge in [-0.1, -0.05) is 19.8 Å². The van der Waals surface area contributed by atoms with Crippen LogP contribution in [0.3, 0.4) is 0 Å². The lowest BCUT2D eigenvalue weighted by Gasteiger charge is -2.37. The summed E-state index contributed by atoms with van der Waals surface area (Å²) in [6.07, 6.45) is 5.80. The Labute approximate surface area is 92.8 Å². The van der Waals surface area contributed by atoms with E-state index in [1.807, 2.05) is 6.92 Å². The first-order valence-corrected chi connectivity index (χ1v) is 5.98. The summed E-state index contributed by atoms with van der Waals surface area (Å²) >= 11 is 0. The predicted molar refractivity (Wildman–Crippen MR) is 60.8 cm³/mol. The number of carbonyl (C=O) groups is 1. The molecule has 0 aromatic rings. The van der Waals surface area contributed by atoms with Gasteiger partial charge in [0.1, 0.15) is 5.54 Å². The van der Waals surface area contributed by atoms with Crippen LogP contribution in [0.25, 0.3) is 0 Å². The van der Waals surface area contributed by atoms with Crippen LogP contribution in [0.2, 0.25) is 0 Å². The van der Waals surface area contributed by atoms with Crippen LogP contribution in [0.5, 0.6) is 0 Å². The Hall–Kier alpha value is -0.570. The van der Waals surface area contributed by atoms with Gasteiger partial charge in [0.15, 0.2) is 0 Å². The highest BCUT2D eigenvalue weighted by Crippen LogP contribution is 2.24. The van der Waals surface area contributed by atoms with Gasteiger partial charge in [-0.15, -0.1) is 0 Å². The van der Waals surface area contributed by atoms with E-state index in [4.69, 9.17) is 4.74 Å². The number of rotatable bonds is 3. The molecule has 1 saturated heterocycles. The Morgan fingerprint density at radius 1 is 1.27 bits per heavy atom. The standard InChI is InChI=1S/C12H23NO2/c1-4-12(2,11(14)15-3)13-9-7-5-6-8-10-13/h4-10H2,1-3H3/t12-/m0/s1. The minimum atomic E-state index is -0.418. The molecule has 15 heavy (non-hydrogen) atoms. The van der Waals surface area contributed by atoms with Crippen molar-refractivity contribution < 1.29 is 9.53 Å². The van der Waals surface area contributed by atoms with Gasteiger partial charge in [0.25, 0.3) is 0 Å². The van der Waals surface area contributed by atoms with Gasteiger partial charge in [0, 0.05) is 0 Å². The molecule has 88 valence electrons. The zero-order valence-corrected chi connectivity index (χ0v) is 10.2. The van der Waals surface area contributed by atoms with Crippen LogP contribution in [0, 0.1) is 0 Å². The smallest absolute Gasteiger partial charge is 0.325 e. The lowest BCUT2D eigenvalue weighted by molar-refractivity contribution is -0.154. The van der Waals surface area contributed by atoms with Crippen LogP contribution in [-0.4, -0.2) is 36.6 Å². The van der Waals surface area contributed by atoms with Gasteiger partial charge >= 0.3 is 5.97 Å². The minimum Gasteiger partial charge on any atom is -0.468 e. The van der Waals surface area contributed by atoms with Crippen LogP contribution >= 0.6 is 0 Å². The molecule has 0 spiro atoms. The number of methoxy groups -OCH3 is 1. The lowest BCUT2D eigenvalue weighted by Crippen LogP contribution is -2.52. The molecule has 1 aliphatic rings. The molecule has 1 atom stereocenters. The van der Waals surface area contributed by atoms with E-state index in [-0.39, 0.29) is 5.97 Å². The van der Waals surface area contributed by atoms with Crippen molar-refractivity contribution in [1.29, 1.82) is 0 Å². The first-order chi connectivity index (χ1) is 7.15. The maximum atomic E-state index is 11.8. The van der Waals surface area contributed by atoms with Crippen molar-refractivity contribution in [2.24, 2.45) is 0 Å². The normalized spacial score (nSPS) is 22.9. The molecule has 0 unspecified atom stereocenters.